The Kier molecular flexibility index (Phi) is 4.26. The van der Waals surface area contributed by atoms with E-state index in [4.69, 9.17) is 0 Å². The molecule has 0 radical (unpaired) electrons. The van der Waals surface area contributed by atoms with Crippen molar-refractivity contribution in [2.75, 3.05) is 20.1 Å². The normalized spacial score (nSPS) is 40.5. The van der Waals surface area contributed by atoms with E-state index in [2.05, 4.69) is 31.1 Å². The van der Waals surface area contributed by atoms with Gasteiger partial charge in [-0.3, -0.25) is 0 Å². The molecule has 1 aliphatic carbocycles. The Bertz CT molecular complexity index is 217. The molecule has 1 aliphatic heterocycles. The molecule has 0 bridgehead atoms. The first-order valence-corrected chi connectivity index (χ1v) is 7.10. The second-order valence-corrected chi connectivity index (χ2v) is 6.16. The second kappa shape index (κ2) is 5.50. The predicted octanol–water partition coefficient (Wildman–Crippen LogP) is 2.49. The molecular formula is C14H28N2. The van der Waals surface area contributed by atoms with Crippen LogP contribution in [-0.4, -0.2) is 37.1 Å². The van der Waals surface area contributed by atoms with E-state index >= 15 is 0 Å². The first-order valence-electron chi connectivity index (χ1n) is 7.10. The molecule has 4 atom stereocenters. The van der Waals surface area contributed by atoms with Gasteiger partial charge in [0.25, 0.3) is 0 Å². The van der Waals surface area contributed by atoms with Crippen molar-refractivity contribution in [2.24, 2.45) is 11.8 Å². The van der Waals surface area contributed by atoms with E-state index in [0.717, 1.165) is 23.9 Å². The van der Waals surface area contributed by atoms with Crippen molar-refractivity contribution in [3.63, 3.8) is 0 Å². The number of nitrogens with zero attached hydrogens (tertiary/aromatic N) is 1. The van der Waals surface area contributed by atoms with Crippen LogP contribution in [0.4, 0.5) is 0 Å². The Morgan fingerprint density at radius 3 is 2.62 bits per heavy atom. The Labute approximate surface area is 101 Å². The Morgan fingerprint density at radius 2 is 2.00 bits per heavy atom. The Balaban J connectivity index is 1.80. The van der Waals surface area contributed by atoms with Crippen LogP contribution in [0.2, 0.25) is 0 Å². The van der Waals surface area contributed by atoms with Crippen molar-refractivity contribution in [2.45, 2.75) is 58.0 Å². The van der Waals surface area contributed by atoms with Crippen molar-refractivity contribution in [1.29, 1.82) is 0 Å². The number of hydrogen-bond acceptors (Lipinski definition) is 2. The topological polar surface area (TPSA) is 15.3 Å². The van der Waals surface area contributed by atoms with Gasteiger partial charge in [0.2, 0.25) is 0 Å². The van der Waals surface area contributed by atoms with Crippen LogP contribution in [0, 0.1) is 11.8 Å². The number of hydrogen-bond donors (Lipinski definition) is 1. The maximum Gasteiger partial charge on any atom is 0.00948 e. The van der Waals surface area contributed by atoms with Gasteiger partial charge in [-0.2, -0.15) is 0 Å². The molecule has 0 aromatic carbocycles. The van der Waals surface area contributed by atoms with Crippen molar-refractivity contribution < 1.29 is 0 Å². The average Bonchev–Trinajstić information content (AvgIpc) is 2.64. The van der Waals surface area contributed by atoms with E-state index in [1.54, 1.807) is 0 Å². The average molecular weight is 224 g/mol. The standard InChI is InChI=1S/C14H28N2/c1-11-5-4-6-14(9-11)16(3)10-13-7-8-15-12(13)2/h11-15H,4-10H2,1-3H3. The molecule has 1 saturated carbocycles. The van der Waals surface area contributed by atoms with Crippen molar-refractivity contribution in [3.05, 3.63) is 0 Å². The van der Waals surface area contributed by atoms with Gasteiger partial charge < -0.3 is 10.2 Å². The van der Waals surface area contributed by atoms with Crippen LogP contribution in [0.5, 0.6) is 0 Å². The molecule has 0 spiro atoms. The third kappa shape index (κ3) is 2.98. The summed E-state index contributed by atoms with van der Waals surface area (Å²) in [5, 5.41) is 3.56. The third-order valence-electron chi connectivity index (χ3n) is 4.74. The third-order valence-corrected chi connectivity index (χ3v) is 4.74. The summed E-state index contributed by atoms with van der Waals surface area (Å²) in [7, 11) is 2.34. The van der Waals surface area contributed by atoms with Gasteiger partial charge in [-0.05, 0) is 51.6 Å². The van der Waals surface area contributed by atoms with Crippen LogP contribution in [0.1, 0.15) is 46.0 Å². The van der Waals surface area contributed by atoms with Gasteiger partial charge in [-0.1, -0.05) is 19.8 Å². The largest absolute Gasteiger partial charge is 0.314 e. The maximum absolute atomic E-state index is 3.56. The molecule has 1 heterocycles. The van der Waals surface area contributed by atoms with Gasteiger partial charge in [-0.25, -0.2) is 0 Å². The first kappa shape index (κ1) is 12.4. The highest BCUT2D eigenvalue weighted by molar-refractivity contribution is 4.85. The Morgan fingerprint density at radius 1 is 1.19 bits per heavy atom. The van der Waals surface area contributed by atoms with E-state index in [-0.39, 0.29) is 0 Å². The predicted molar refractivity (Wildman–Crippen MR) is 69.6 cm³/mol. The summed E-state index contributed by atoms with van der Waals surface area (Å²) in [5.41, 5.74) is 0. The van der Waals surface area contributed by atoms with Crippen LogP contribution >= 0.6 is 0 Å². The summed E-state index contributed by atoms with van der Waals surface area (Å²) in [5.74, 6) is 1.82. The molecule has 0 aromatic rings. The summed E-state index contributed by atoms with van der Waals surface area (Å²) < 4.78 is 0. The summed E-state index contributed by atoms with van der Waals surface area (Å²) in [6.45, 7) is 7.28. The quantitative estimate of drug-likeness (QED) is 0.792. The van der Waals surface area contributed by atoms with Crippen LogP contribution in [-0.2, 0) is 0 Å². The fourth-order valence-electron chi connectivity index (χ4n) is 3.48. The van der Waals surface area contributed by atoms with Crippen molar-refractivity contribution in [1.82, 2.24) is 10.2 Å². The molecule has 2 aliphatic rings. The molecule has 2 rings (SSSR count). The van der Waals surface area contributed by atoms with E-state index in [1.165, 1.54) is 45.2 Å². The second-order valence-electron chi connectivity index (χ2n) is 6.16. The zero-order chi connectivity index (χ0) is 11.5. The van der Waals surface area contributed by atoms with Crippen molar-refractivity contribution >= 4 is 0 Å². The van der Waals surface area contributed by atoms with Crippen LogP contribution < -0.4 is 5.32 Å². The summed E-state index contributed by atoms with van der Waals surface area (Å²) in [6, 6.07) is 1.58. The SMILES string of the molecule is CC1CCCC(N(C)CC2CCNC2C)C1. The molecule has 4 unspecified atom stereocenters. The molecule has 16 heavy (non-hydrogen) atoms. The Hall–Kier alpha value is -0.0800. The van der Waals surface area contributed by atoms with E-state index in [1.807, 2.05) is 0 Å². The fraction of sp³-hybridized carbons (Fsp3) is 1.00. The molecule has 0 aromatic heterocycles. The zero-order valence-electron chi connectivity index (χ0n) is 11.2. The van der Waals surface area contributed by atoms with Crippen LogP contribution in [0.15, 0.2) is 0 Å². The number of nitrogens with one attached hydrogen (secondary N) is 1. The maximum atomic E-state index is 3.56. The minimum absolute atomic E-state index is 0.725. The molecule has 1 saturated heterocycles. The lowest BCUT2D eigenvalue weighted by atomic mass is 9.86. The number of rotatable bonds is 3. The van der Waals surface area contributed by atoms with Gasteiger partial charge >= 0.3 is 0 Å². The molecule has 2 nitrogen and oxygen atoms in total. The molecular weight excluding hydrogens is 196 g/mol. The van der Waals surface area contributed by atoms with Gasteiger partial charge in [0.1, 0.15) is 0 Å². The molecule has 2 fully saturated rings. The molecule has 2 heteroatoms. The van der Waals surface area contributed by atoms with Gasteiger partial charge in [0.15, 0.2) is 0 Å². The zero-order valence-corrected chi connectivity index (χ0v) is 11.2. The fourth-order valence-corrected chi connectivity index (χ4v) is 3.48. The lowest BCUT2D eigenvalue weighted by molar-refractivity contribution is 0.141. The van der Waals surface area contributed by atoms with E-state index in [9.17, 15) is 0 Å². The highest BCUT2D eigenvalue weighted by atomic mass is 15.1. The summed E-state index contributed by atoms with van der Waals surface area (Å²) >= 11 is 0. The van der Waals surface area contributed by atoms with Crippen LogP contribution in [0.3, 0.4) is 0 Å². The van der Waals surface area contributed by atoms with Gasteiger partial charge in [-0.15, -0.1) is 0 Å². The molecule has 0 amide bonds. The van der Waals surface area contributed by atoms with Crippen molar-refractivity contribution in [3.8, 4) is 0 Å². The first-order chi connectivity index (χ1) is 7.66. The highest BCUT2D eigenvalue weighted by Crippen LogP contribution is 2.28. The monoisotopic (exact) mass is 224 g/mol. The highest BCUT2D eigenvalue weighted by Gasteiger charge is 2.28. The molecule has 1 N–H and O–H groups in total. The van der Waals surface area contributed by atoms with Crippen LogP contribution in [0.25, 0.3) is 0 Å². The smallest absolute Gasteiger partial charge is 0.00948 e. The minimum atomic E-state index is 0.725. The minimum Gasteiger partial charge on any atom is -0.314 e. The van der Waals surface area contributed by atoms with E-state index < -0.39 is 0 Å². The summed E-state index contributed by atoms with van der Waals surface area (Å²) in [6.07, 6.45) is 7.11. The van der Waals surface area contributed by atoms with E-state index in [0.29, 0.717) is 0 Å². The lowest BCUT2D eigenvalue weighted by Crippen LogP contribution is -2.40. The lowest BCUT2D eigenvalue weighted by Gasteiger charge is -2.36. The summed E-state index contributed by atoms with van der Waals surface area (Å²) in [4.78, 5) is 2.64. The van der Waals surface area contributed by atoms with Gasteiger partial charge in [0, 0.05) is 18.6 Å². The molecule has 94 valence electrons. The van der Waals surface area contributed by atoms with Gasteiger partial charge in [0.05, 0.1) is 0 Å².